The molecule has 1 atom stereocenters. The van der Waals surface area contributed by atoms with Crippen molar-refractivity contribution in [3.63, 3.8) is 0 Å². The van der Waals surface area contributed by atoms with Gasteiger partial charge in [0.05, 0.1) is 0 Å². The second kappa shape index (κ2) is 9.08. The quantitative estimate of drug-likeness (QED) is 0.473. The third-order valence-electron chi connectivity index (χ3n) is 4.13. The number of rotatable bonds is 6. The molecule has 2 aromatic carbocycles. The molecular formula is C21H19FN2O6. The van der Waals surface area contributed by atoms with E-state index in [1.807, 2.05) is 0 Å². The number of para-hydroxylation sites is 1. The number of amides is 2. The van der Waals surface area contributed by atoms with Crippen LogP contribution in [0, 0.1) is 12.7 Å². The van der Waals surface area contributed by atoms with Gasteiger partial charge in [-0.2, -0.15) is 0 Å². The van der Waals surface area contributed by atoms with Crippen LogP contribution in [0.2, 0.25) is 0 Å². The predicted octanol–water partition coefficient (Wildman–Crippen LogP) is 2.23. The molecule has 0 spiro atoms. The Balaban J connectivity index is 1.50. The molecule has 0 saturated heterocycles. The van der Waals surface area contributed by atoms with Crippen molar-refractivity contribution in [2.45, 2.75) is 20.0 Å². The molecule has 0 aliphatic rings. The van der Waals surface area contributed by atoms with Crippen molar-refractivity contribution in [1.82, 2.24) is 10.9 Å². The van der Waals surface area contributed by atoms with E-state index in [2.05, 4.69) is 10.9 Å². The molecule has 0 bridgehead atoms. The summed E-state index contributed by atoms with van der Waals surface area (Å²) >= 11 is 0. The molecule has 9 heteroatoms. The average molecular weight is 414 g/mol. The van der Waals surface area contributed by atoms with Crippen molar-refractivity contribution in [3.05, 3.63) is 70.3 Å². The number of carbonyl (C=O) groups is 2. The Bertz CT molecular complexity index is 1140. The minimum absolute atomic E-state index is 0.0759. The third kappa shape index (κ3) is 5.13. The van der Waals surface area contributed by atoms with Gasteiger partial charge >= 0.3 is 5.63 Å². The second-order valence-corrected chi connectivity index (χ2v) is 6.42. The van der Waals surface area contributed by atoms with Crippen LogP contribution >= 0.6 is 0 Å². The number of hydrogen-bond acceptors (Lipinski definition) is 6. The maximum Gasteiger partial charge on any atom is 0.336 e. The molecule has 30 heavy (non-hydrogen) atoms. The molecule has 2 N–H and O–H groups in total. The summed E-state index contributed by atoms with van der Waals surface area (Å²) in [7, 11) is 0. The lowest BCUT2D eigenvalue weighted by atomic mass is 10.1. The van der Waals surface area contributed by atoms with Gasteiger partial charge < -0.3 is 13.9 Å². The van der Waals surface area contributed by atoms with E-state index < -0.39 is 36.0 Å². The Morgan fingerprint density at radius 2 is 1.90 bits per heavy atom. The lowest BCUT2D eigenvalue weighted by molar-refractivity contribution is -0.133. The summed E-state index contributed by atoms with van der Waals surface area (Å²) in [6.07, 6.45) is -1.05. The highest BCUT2D eigenvalue weighted by atomic mass is 19.1. The van der Waals surface area contributed by atoms with Crippen LogP contribution in [0.15, 0.2) is 57.7 Å². The van der Waals surface area contributed by atoms with Gasteiger partial charge in [-0.3, -0.25) is 20.4 Å². The fraction of sp³-hybridized carbons (Fsp3) is 0.190. The molecule has 1 aromatic heterocycles. The van der Waals surface area contributed by atoms with Crippen molar-refractivity contribution in [3.8, 4) is 11.5 Å². The van der Waals surface area contributed by atoms with Crippen LogP contribution in [0.25, 0.3) is 11.0 Å². The summed E-state index contributed by atoms with van der Waals surface area (Å²) in [5.74, 6) is -1.67. The Morgan fingerprint density at radius 3 is 2.67 bits per heavy atom. The largest absolute Gasteiger partial charge is 0.484 e. The van der Waals surface area contributed by atoms with E-state index in [-0.39, 0.29) is 5.75 Å². The molecule has 3 rings (SSSR count). The van der Waals surface area contributed by atoms with Crippen molar-refractivity contribution in [1.29, 1.82) is 0 Å². The molecule has 0 aliphatic carbocycles. The van der Waals surface area contributed by atoms with E-state index in [4.69, 9.17) is 13.9 Å². The summed E-state index contributed by atoms with van der Waals surface area (Å²) in [6.45, 7) is 2.80. The highest BCUT2D eigenvalue weighted by Crippen LogP contribution is 2.22. The highest BCUT2D eigenvalue weighted by Gasteiger charge is 2.17. The first-order chi connectivity index (χ1) is 14.3. The van der Waals surface area contributed by atoms with E-state index in [9.17, 15) is 18.8 Å². The van der Waals surface area contributed by atoms with Crippen LogP contribution in [0.1, 0.15) is 12.5 Å². The normalized spacial score (nSPS) is 11.6. The van der Waals surface area contributed by atoms with Gasteiger partial charge in [0, 0.05) is 17.5 Å². The van der Waals surface area contributed by atoms with E-state index in [0.29, 0.717) is 11.3 Å². The first-order valence-electron chi connectivity index (χ1n) is 9.00. The standard InChI is InChI=1S/C21H19FN2O6/c1-12-9-20(26)30-18-10-14(7-8-15(12)18)28-11-19(25)23-24-21(27)13(2)29-17-6-4-3-5-16(17)22/h3-10,13H,11H2,1-2H3,(H,23,25)(H,24,27)/t13-/m1/s1. The summed E-state index contributed by atoms with van der Waals surface area (Å²) in [6, 6.07) is 11.9. The minimum atomic E-state index is -1.05. The fourth-order valence-electron chi connectivity index (χ4n) is 2.60. The lowest BCUT2D eigenvalue weighted by Crippen LogP contribution is -2.48. The molecule has 156 valence electrons. The van der Waals surface area contributed by atoms with E-state index >= 15 is 0 Å². The monoisotopic (exact) mass is 414 g/mol. The predicted molar refractivity (Wildman–Crippen MR) is 105 cm³/mol. The molecule has 0 unspecified atom stereocenters. The van der Waals surface area contributed by atoms with E-state index in [1.165, 1.54) is 37.3 Å². The van der Waals surface area contributed by atoms with Gasteiger partial charge in [0.1, 0.15) is 11.3 Å². The summed E-state index contributed by atoms with van der Waals surface area (Å²) < 4.78 is 29.3. The maximum atomic E-state index is 13.6. The number of carbonyl (C=O) groups excluding carboxylic acids is 2. The van der Waals surface area contributed by atoms with Crippen molar-refractivity contribution in [2.75, 3.05) is 6.61 Å². The van der Waals surface area contributed by atoms with E-state index in [1.54, 1.807) is 25.1 Å². The lowest BCUT2D eigenvalue weighted by Gasteiger charge is -2.15. The third-order valence-corrected chi connectivity index (χ3v) is 4.13. The molecule has 2 amide bonds. The zero-order valence-corrected chi connectivity index (χ0v) is 16.2. The van der Waals surface area contributed by atoms with Crippen molar-refractivity contribution >= 4 is 22.8 Å². The number of hydrogen-bond donors (Lipinski definition) is 2. The number of fused-ring (bicyclic) bond motifs is 1. The van der Waals surface area contributed by atoms with Crippen LogP contribution in [0.5, 0.6) is 11.5 Å². The summed E-state index contributed by atoms with van der Waals surface area (Å²) in [5, 5.41) is 0.752. The Kier molecular flexibility index (Phi) is 6.31. The fourth-order valence-corrected chi connectivity index (χ4v) is 2.60. The molecule has 0 saturated carbocycles. The van der Waals surface area contributed by atoms with Crippen molar-refractivity contribution in [2.24, 2.45) is 0 Å². The average Bonchev–Trinajstić information content (AvgIpc) is 2.71. The van der Waals surface area contributed by atoms with Gasteiger partial charge in [-0.1, -0.05) is 12.1 Å². The number of ether oxygens (including phenoxy) is 2. The van der Waals surface area contributed by atoms with Gasteiger partial charge in [0.15, 0.2) is 24.3 Å². The Hall–Kier alpha value is -3.88. The first kappa shape index (κ1) is 20.8. The number of aryl methyl sites for hydroxylation is 1. The Labute approximate surface area is 170 Å². The number of hydrazine groups is 1. The van der Waals surface area contributed by atoms with Gasteiger partial charge in [-0.05, 0) is 43.7 Å². The molecular weight excluding hydrogens is 395 g/mol. The van der Waals surface area contributed by atoms with Gasteiger partial charge in [0.25, 0.3) is 11.8 Å². The molecule has 0 fully saturated rings. The van der Waals surface area contributed by atoms with Crippen LogP contribution in [0.4, 0.5) is 4.39 Å². The molecule has 0 radical (unpaired) electrons. The van der Waals surface area contributed by atoms with Crippen LogP contribution in [0.3, 0.4) is 0 Å². The smallest absolute Gasteiger partial charge is 0.336 e. The van der Waals surface area contributed by atoms with E-state index in [0.717, 1.165) is 10.9 Å². The number of benzene rings is 2. The molecule has 1 heterocycles. The zero-order valence-electron chi connectivity index (χ0n) is 16.2. The van der Waals surface area contributed by atoms with Gasteiger partial charge in [-0.15, -0.1) is 0 Å². The van der Waals surface area contributed by atoms with Crippen LogP contribution < -0.4 is 26.0 Å². The number of halogens is 1. The number of nitrogens with one attached hydrogen (secondary N) is 2. The minimum Gasteiger partial charge on any atom is -0.484 e. The second-order valence-electron chi connectivity index (χ2n) is 6.42. The van der Waals surface area contributed by atoms with Crippen molar-refractivity contribution < 1.29 is 27.9 Å². The Morgan fingerprint density at radius 1 is 1.13 bits per heavy atom. The van der Waals surface area contributed by atoms with Crippen LogP contribution in [-0.2, 0) is 9.59 Å². The maximum absolute atomic E-state index is 13.6. The molecule has 3 aromatic rings. The molecule has 8 nitrogen and oxygen atoms in total. The zero-order chi connectivity index (χ0) is 21.7. The highest BCUT2D eigenvalue weighted by molar-refractivity contribution is 5.85. The van der Waals surface area contributed by atoms with Gasteiger partial charge in [-0.25, -0.2) is 9.18 Å². The first-order valence-corrected chi connectivity index (χ1v) is 9.00. The summed E-state index contributed by atoms with van der Waals surface area (Å²) in [4.78, 5) is 35.4. The molecule has 0 aliphatic heterocycles. The SMILES string of the molecule is Cc1cc(=O)oc2cc(OCC(=O)NNC(=O)[C@@H](C)Oc3ccccc3F)ccc12. The van der Waals surface area contributed by atoms with Gasteiger partial charge in [0.2, 0.25) is 0 Å². The van der Waals surface area contributed by atoms with Crippen LogP contribution in [-0.4, -0.2) is 24.5 Å². The topological polar surface area (TPSA) is 107 Å². The summed E-state index contributed by atoms with van der Waals surface area (Å²) in [5.41, 5.74) is 4.98.